The van der Waals surface area contributed by atoms with E-state index in [2.05, 4.69) is 4.98 Å². The van der Waals surface area contributed by atoms with Gasteiger partial charge >= 0.3 is 0 Å². The highest BCUT2D eigenvalue weighted by Gasteiger charge is 2.13. The number of alkyl halides is 2. The van der Waals surface area contributed by atoms with E-state index in [-0.39, 0.29) is 10.7 Å². The molecular weight excluding hydrogens is 184 g/mol. The number of rotatable bonds is 1. The van der Waals surface area contributed by atoms with Gasteiger partial charge in [-0.15, -0.1) is 0 Å². The molecule has 1 nitrogen and oxygen atoms in total. The third kappa shape index (κ3) is 1.72. The van der Waals surface area contributed by atoms with Crippen LogP contribution < -0.4 is 0 Å². The molecule has 1 aromatic heterocycles. The topological polar surface area (TPSA) is 12.9 Å². The van der Waals surface area contributed by atoms with Crippen LogP contribution >= 0.6 is 11.6 Å². The summed E-state index contributed by atoms with van der Waals surface area (Å²) in [6, 6.07) is 1.37. The zero-order valence-electron chi connectivity index (χ0n) is 6.74. The maximum absolute atomic E-state index is 12.2. The lowest BCUT2D eigenvalue weighted by atomic mass is 10.2. The number of aryl methyl sites for hydroxylation is 2. The van der Waals surface area contributed by atoms with Crippen molar-refractivity contribution in [2.24, 2.45) is 0 Å². The van der Waals surface area contributed by atoms with Crippen LogP contribution in [0.5, 0.6) is 0 Å². The van der Waals surface area contributed by atoms with Crippen LogP contribution in [0.25, 0.3) is 0 Å². The minimum absolute atomic E-state index is 0.104. The molecule has 0 saturated heterocycles. The average molecular weight is 192 g/mol. The van der Waals surface area contributed by atoms with Crippen LogP contribution in [0.2, 0.25) is 5.15 Å². The molecule has 0 aliphatic carbocycles. The minimum atomic E-state index is -2.55. The highest BCUT2D eigenvalue weighted by atomic mass is 35.5. The predicted molar refractivity (Wildman–Crippen MR) is 43.7 cm³/mol. The third-order valence-corrected chi connectivity index (χ3v) is 1.98. The first-order chi connectivity index (χ1) is 5.52. The largest absolute Gasteiger partial charge is 0.266 e. The van der Waals surface area contributed by atoms with Crippen LogP contribution in [0.1, 0.15) is 23.2 Å². The van der Waals surface area contributed by atoms with Crippen molar-refractivity contribution in [3.63, 3.8) is 0 Å². The lowest BCUT2D eigenvalue weighted by Gasteiger charge is -2.05. The molecule has 0 radical (unpaired) electrons. The molecule has 0 N–H and O–H groups in total. The number of aromatic nitrogens is 1. The summed E-state index contributed by atoms with van der Waals surface area (Å²) in [6.45, 7) is 3.46. The van der Waals surface area contributed by atoms with Crippen LogP contribution in [0, 0.1) is 13.8 Å². The fraction of sp³-hybridized carbons (Fsp3) is 0.375. The maximum Gasteiger partial charge on any atom is 0.266 e. The molecule has 66 valence electrons. The Hall–Kier alpha value is -0.700. The highest BCUT2D eigenvalue weighted by molar-refractivity contribution is 6.30. The van der Waals surface area contributed by atoms with Gasteiger partial charge in [0, 0.05) is 5.69 Å². The van der Waals surface area contributed by atoms with E-state index in [9.17, 15) is 8.78 Å². The van der Waals surface area contributed by atoms with E-state index in [0.29, 0.717) is 5.69 Å². The molecule has 0 spiro atoms. The molecule has 0 aromatic carbocycles. The molecule has 0 aliphatic heterocycles. The fourth-order valence-electron chi connectivity index (χ4n) is 0.850. The van der Waals surface area contributed by atoms with Crippen molar-refractivity contribution in [2.45, 2.75) is 20.3 Å². The second-order valence-corrected chi connectivity index (χ2v) is 2.93. The highest BCUT2D eigenvalue weighted by Crippen LogP contribution is 2.26. The standard InChI is InChI=1S/C8H8ClF2N/c1-4-3-6(8(10)11)7(9)12-5(4)2/h3,8H,1-2H3. The molecule has 1 heterocycles. The van der Waals surface area contributed by atoms with E-state index in [4.69, 9.17) is 11.6 Å². The van der Waals surface area contributed by atoms with Crippen molar-refractivity contribution in [3.05, 3.63) is 28.0 Å². The van der Waals surface area contributed by atoms with Gasteiger partial charge < -0.3 is 0 Å². The molecular formula is C8H8ClF2N. The first kappa shape index (κ1) is 9.39. The Morgan fingerprint density at radius 3 is 2.50 bits per heavy atom. The Balaban J connectivity index is 3.23. The quantitative estimate of drug-likeness (QED) is 0.621. The molecule has 0 bridgehead atoms. The summed E-state index contributed by atoms with van der Waals surface area (Å²) >= 11 is 5.51. The van der Waals surface area contributed by atoms with Crippen LogP contribution in [0.15, 0.2) is 6.07 Å². The summed E-state index contributed by atoms with van der Waals surface area (Å²) in [7, 11) is 0. The third-order valence-electron chi connectivity index (χ3n) is 1.68. The summed E-state index contributed by atoms with van der Waals surface area (Å²) in [4.78, 5) is 3.78. The molecule has 0 saturated carbocycles. The summed E-state index contributed by atoms with van der Waals surface area (Å²) in [5.74, 6) is 0. The van der Waals surface area contributed by atoms with Crippen molar-refractivity contribution in [2.75, 3.05) is 0 Å². The van der Waals surface area contributed by atoms with E-state index in [1.165, 1.54) is 6.07 Å². The van der Waals surface area contributed by atoms with Gasteiger partial charge in [0.25, 0.3) is 6.43 Å². The lowest BCUT2D eigenvalue weighted by molar-refractivity contribution is 0.151. The van der Waals surface area contributed by atoms with Gasteiger partial charge in [0.2, 0.25) is 0 Å². The Bertz CT molecular complexity index is 299. The van der Waals surface area contributed by atoms with E-state index in [0.717, 1.165) is 5.56 Å². The minimum Gasteiger partial charge on any atom is -0.241 e. The normalized spacial score (nSPS) is 10.8. The Kier molecular flexibility index (Phi) is 2.62. The molecule has 0 atom stereocenters. The summed E-state index contributed by atoms with van der Waals surface area (Å²) in [5, 5.41) is -0.104. The zero-order chi connectivity index (χ0) is 9.30. The maximum atomic E-state index is 12.2. The summed E-state index contributed by atoms with van der Waals surface area (Å²) in [5.41, 5.74) is 1.22. The zero-order valence-corrected chi connectivity index (χ0v) is 7.49. The molecule has 0 aliphatic rings. The van der Waals surface area contributed by atoms with Gasteiger partial charge in [-0.3, -0.25) is 0 Å². The van der Waals surface area contributed by atoms with Crippen LogP contribution in [-0.2, 0) is 0 Å². The number of pyridine rings is 1. The van der Waals surface area contributed by atoms with Gasteiger partial charge in [-0.25, -0.2) is 13.8 Å². The van der Waals surface area contributed by atoms with E-state index >= 15 is 0 Å². The van der Waals surface area contributed by atoms with Crippen molar-refractivity contribution in [1.82, 2.24) is 4.98 Å². The molecule has 0 amide bonds. The monoisotopic (exact) mass is 191 g/mol. The Morgan fingerprint density at radius 2 is 2.00 bits per heavy atom. The van der Waals surface area contributed by atoms with Gasteiger partial charge in [0.05, 0.1) is 5.56 Å². The summed E-state index contributed by atoms with van der Waals surface area (Å²) < 4.78 is 24.4. The number of halogens is 3. The van der Waals surface area contributed by atoms with Crippen molar-refractivity contribution < 1.29 is 8.78 Å². The van der Waals surface area contributed by atoms with E-state index in [1.54, 1.807) is 13.8 Å². The number of nitrogens with zero attached hydrogens (tertiary/aromatic N) is 1. The van der Waals surface area contributed by atoms with Crippen LogP contribution in [-0.4, -0.2) is 4.98 Å². The Labute approximate surface area is 74.4 Å². The summed E-state index contributed by atoms with van der Waals surface area (Å²) in [6.07, 6.45) is -2.55. The van der Waals surface area contributed by atoms with Crippen molar-refractivity contribution in [1.29, 1.82) is 0 Å². The number of hydrogen-bond donors (Lipinski definition) is 0. The van der Waals surface area contributed by atoms with Crippen LogP contribution in [0.4, 0.5) is 8.78 Å². The van der Waals surface area contributed by atoms with Gasteiger partial charge in [-0.1, -0.05) is 11.6 Å². The van der Waals surface area contributed by atoms with Gasteiger partial charge in [-0.2, -0.15) is 0 Å². The molecule has 4 heteroatoms. The molecule has 1 aromatic rings. The first-order valence-electron chi connectivity index (χ1n) is 3.44. The smallest absolute Gasteiger partial charge is 0.241 e. The van der Waals surface area contributed by atoms with Gasteiger partial charge in [-0.05, 0) is 25.5 Å². The SMILES string of the molecule is Cc1cc(C(F)F)c(Cl)nc1C. The second kappa shape index (κ2) is 3.35. The molecule has 0 fully saturated rings. The predicted octanol–water partition coefficient (Wildman–Crippen LogP) is 3.29. The number of hydrogen-bond acceptors (Lipinski definition) is 1. The van der Waals surface area contributed by atoms with Crippen LogP contribution in [0.3, 0.4) is 0 Å². The van der Waals surface area contributed by atoms with E-state index in [1.807, 2.05) is 0 Å². The molecule has 1 rings (SSSR count). The second-order valence-electron chi connectivity index (χ2n) is 2.57. The first-order valence-corrected chi connectivity index (χ1v) is 3.82. The molecule has 0 unspecified atom stereocenters. The van der Waals surface area contributed by atoms with E-state index < -0.39 is 6.43 Å². The average Bonchev–Trinajstić information content (AvgIpc) is 1.96. The van der Waals surface area contributed by atoms with Crippen molar-refractivity contribution in [3.8, 4) is 0 Å². The molecule has 12 heavy (non-hydrogen) atoms. The fourth-order valence-corrected chi connectivity index (χ4v) is 1.11. The Morgan fingerprint density at radius 1 is 1.42 bits per heavy atom. The lowest BCUT2D eigenvalue weighted by Crippen LogP contribution is -1.94. The van der Waals surface area contributed by atoms with Crippen molar-refractivity contribution >= 4 is 11.6 Å². The van der Waals surface area contributed by atoms with Gasteiger partial charge in [0.15, 0.2) is 0 Å². The van der Waals surface area contributed by atoms with Gasteiger partial charge in [0.1, 0.15) is 5.15 Å².